The normalized spacial score (nSPS) is 14.8. The van der Waals surface area contributed by atoms with Crippen LogP contribution in [0, 0.1) is 13.8 Å². The zero-order valence-corrected chi connectivity index (χ0v) is 11.1. The van der Waals surface area contributed by atoms with E-state index in [4.69, 9.17) is 5.73 Å². The maximum absolute atomic E-state index is 11.9. The van der Waals surface area contributed by atoms with E-state index in [0.29, 0.717) is 11.9 Å². The van der Waals surface area contributed by atoms with E-state index in [2.05, 4.69) is 15.3 Å². The maximum atomic E-state index is 11.9. The van der Waals surface area contributed by atoms with Gasteiger partial charge in [-0.05, 0) is 32.3 Å². The number of nitrogens with zero attached hydrogens (tertiary/aromatic N) is 3. The quantitative estimate of drug-likeness (QED) is 0.857. The van der Waals surface area contributed by atoms with Gasteiger partial charge in [-0.25, -0.2) is 9.97 Å². The molecule has 3 N–H and O–H groups in total. The summed E-state index contributed by atoms with van der Waals surface area (Å²) in [5.41, 5.74) is 8.67. The molecule has 1 saturated carbocycles. The molecular formula is C13H17N5O. The second-order valence-corrected chi connectivity index (χ2v) is 5.10. The number of aromatic nitrogens is 3. The summed E-state index contributed by atoms with van der Waals surface area (Å²) in [5.74, 6) is 0.492. The highest BCUT2D eigenvalue weighted by atomic mass is 16.2. The van der Waals surface area contributed by atoms with E-state index in [9.17, 15) is 4.79 Å². The number of carbonyl (C=O) groups is 1. The fourth-order valence-electron chi connectivity index (χ4n) is 2.33. The van der Waals surface area contributed by atoms with Crippen LogP contribution in [-0.2, 0) is 11.3 Å². The Hall–Kier alpha value is -2.11. The molecule has 2 aromatic rings. The summed E-state index contributed by atoms with van der Waals surface area (Å²) in [6.07, 6.45) is 3.61. The summed E-state index contributed by atoms with van der Waals surface area (Å²) < 4.78 is 1.90. The number of nitrogen functional groups attached to an aromatic ring is 1. The monoisotopic (exact) mass is 259 g/mol. The molecule has 0 aliphatic heterocycles. The van der Waals surface area contributed by atoms with Gasteiger partial charge in [0.1, 0.15) is 24.3 Å². The van der Waals surface area contributed by atoms with Gasteiger partial charge in [0.05, 0.1) is 5.39 Å². The molecule has 0 radical (unpaired) electrons. The molecule has 3 rings (SSSR count). The van der Waals surface area contributed by atoms with Gasteiger partial charge in [0, 0.05) is 11.7 Å². The van der Waals surface area contributed by atoms with Crippen molar-refractivity contribution in [2.75, 3.05) is 5.73 Å². The minimum Gasteiger partial charge on any atom is -0.383 e. The number of rotatable bonds is 3. The molecule has 0 atom stereocenters. The van der Waals surface area contributed by atoms with Crippen molar-refractivity contribution in [3.8, 4) is 0 Å². The van der Waals surface area contributed by atoms with Crippen LogP contribution in [-0.4, -0.2) is 26.5 Å². The Bertz CT molecular complexity index is 657. The molecule has 19 heavy (non-hydrogen) atoms. The van der Waals surface area contributed by atoms with Crippen molar-refractivity contribution in [2.24, 2.45) is 0 Å². The third kappa shape index (κ3) is 2.03. The number of carbonyl (C=O) groups excluding carboxylic acids is 1. The Morgan fingerprint density at radius 2 is 2.21 bits per heavy atom. The van der Waals surface area contributed by atoms with E-state index >= 15 is 0 Å². The van der Waals surface area contributed by atoms with Crippen molar-refractivity contribution in [3.63, 3.8) is 0 Å². The number of nitrogens with one attached hydrogen (secondary N) is 1. The highest BCUT2D eigenvalue weighted by Gasteiger charge is 2.24. The van der Waals surface area contributed by atoms with Crippen molar-refractivity contribution in [3.05, 3.63) is 17.6 Å². The Morgan fingerprint density at radius 3 is 2.89 bits per heavy atom. The average molecular weight is 259 g/mol. The molecule has 1 amide bonds. The third-order valence-corrected chi connectivity index (χ3v) is 3.68. The van der Waals surface area contributed by atoms with Crippen molar-refractivity contribution < 1.29 is 4.79 Å². The molecule has 6 heteroatoms. The first-order valence-electron chi connectivity index (χ1n) is 6.43. The van der Waals surface area contributed by atoms with Crippen molar-refractivity contribution >= 4 is 22.8 Å². The molecule has 0 unspecified atom stereocenters. The lowest BCUT2D eigenvalue weighted by Crippen LogP contribution is -2.29. The fraction of sp³-hybridized carbons (Fsp3) is 0.462. The van der Waals surface area contributed by atoms with Crippen LogP contribution >= 0.6 is 0 Å². The summed E-state index contributed by atoms with van der Waals surface area (Å²) in [5, 5.41) is 3.83. The number of nitrogens with two attached hydrogens (primary N) is 1. The molecule has 100 valence electrons. The number of anilines is 1. The number of aryl methyl sites for hydroxylation is 1. The van der Waals surface area contributed by atoms with Gasteiger partial charge in [-0.2, -0.15) is 0 Å². The van der Waals surface area contributed by atoms with Crippen molar-refractivity contribution in [2.45, 2.75) is 39.3 Å². The van der Waals surface area contributed by atoms with E-state index in [0.717, 1.165) is 35.1 Å². The lowest BCUT2D eigenvalue weighted by atomic mass is 10.2. The highest BCUT2D eigenvalue weighted by molar-refractivity contribution is 5.91. The van der Waals surface area contributed by atoms with Gasteiger partial charge < -0.3 is 15.6 Å². The van der Waals surface area contributed by atoms with E-state index in [1.54, 1.807) is 0 Å². The van der Waals surface area contributed by atoms with Gasteiger partial charge in [-0.1, -0.05) is 0 Å². The molecule has 1 aliphatic carbocycles. The molecule has 0 spiro atoms. The molecular weight excluding hydrogens is 242 g/mol. The van der Waals surface area contributed by atoms with Crippen LogP contribution in [0.5, 0.6) is 0 Å². The van der Waals surface area contributed by atoms with Gasteiger partial charge in [-0.3, -0.25) is 4.79 Å². The van der Waals surface area contributed by atoms with Gasteiger partial charge in [0.2, 0.25) is 5.91 Å². The standard InChI is InChI=1S/C13H17N5O/c1-7-8(2)18(5-10(19)17-9-3-4-9)13-11(7)12(14)15-6-16-13/h6,9H,3-5H2,1-2H3,(H,17,19)(H2,14,15,16). The van der Waals surface area contributed by atoms with Crippen LogP contribution in [0.4, 0.5) is 5.82 Å². The number of amides is 1. The average Bonchev–Trinajstić information content (AvgIpc) is 3.14. The molecule has 1 aliphatic rings. The van der Waals surface area contributed by atoms with E-state index in [1.807, 2.05) is 18.4 Å². The van der Waals surface area contributed by atoms with E-state index < -0.39 is 0 Å². The maximum Gasteiger partial charge on any atom is 0.240 e. The Morgan fingerprint density at radius 1 is 1.47 bits per heavy atom. The van der Waals surface area contributed by atoms with Crippen LogP contribution in [0.1, 0.15) is 24.1 Å². The summed E-state index contributed by atoms with van der Waals surface area (Å²) in [4.78, 5) is 20.2. The van der Waals surface area contributed by atoms with E-state index in [1.165, 1.54) is 6.33 Å². The second kappa shape index (κ2) is 4.22. The smallest absolute Gasteiger partial charge is 0.240 e. The first kappa shape index (κ1) is 12.0. The molecule has 0 bridgehead atoms. The van der Waals surface area contributed by atoms with E-state index in [-0.39, 0.29) is 12.5 Å². The Balaban J connectivity index is 2.00. The van der Waals surface area contributed by atoms with Crippen LogP contribution in [0.25, 0.3) is 11.0 Å². The van der Waals surface area contributed by atoms with Crippen molar-refractivity contribution in [1.82, 2.24) is 19.9 Å². The number of hydrogen-bond donors (Lipinski definition) is 2. The van der Waals surface area contributed by atoms with Gasteiger partial charge in [0.15, 0.2) is 0 Å². The molecule has 2 heterocycles. The second-order valence-electron chi connectivity index (χ2n) is 5.10. The summed E-state index contributed by atoms with van der Waals surface area (Å²) in [6.45, 7) is 4.23. The lowest BCUT2D eigenvalue weighted by Gasteiger charge is -2.08. The summed E-state index contributed by atoms with van der Waals surface area (Å²) in [6, 6.07) is 0.371. The zero-order chi connectivity index (χ0) is 13.6. The van der Waals surface area contributed by atoms with Gasteiger partial charge >= 0.3 is 0 Å². The topological polar surface area (TPSA) is 85.8 Å². The molecule has 0 saturated heterocycles. The SMILES string of the molecule is Cc1c(C)n(CC(=O)NC2CC2)c2ncnc(N)c12. The largest absolute Gasteiger partial charge is 0.383 e. The summed E-state index contributed by atoms with van der Waals surface area (Å²) >= 11 is 0. The zero-order valence-electron chi connectivity index (χ0n) is 11.1. The summed E-state index contributed by atoms with van der Waals surface area (Å²) in [7, 11) is 0. The van der Waals surface area contributed by atoms with Crippen LogP contribution in [0.15, 0.2) is 6.33 Å². The molecule has 0 aromatic carbocycles. The van der Waals surface area contributed by atoms with Crippen LogP contribution < -0.4 is 11.1 Å². The Labute approximate surface area is 111 Å². The molecule has 1 fully saturated rings. The third-order valence-electron chi connectivity index (χ3n) is 3.68. The van der Waals surface area contributed by atoms with Crippen LogP contribution in [0.2, 0.25) is 0 Å². The van der Waals surface area contributed by atoms with Gasteiger partial charge in [-0.15, -0.1) is 0 Å². The Kier molecular flexibility index (Phi) is 2.66. The van der Waals surface area contributed by atoms with Gasteiger partial charge in [0.25, 0.3) is 0 Å². The predicted molar refractivity (Wildman–Crippen MR) is 72.6 cm³/mol. The predicted octanol–water partition coefficient (Wildman–Crippen LogP) is 0.909. The first-order chi connectivity index (χ1) is 9.08. The van der Waals surface area contributed by atoms with Crippen molar-refractivity contribution in [1.29, 1.82) is 0 Å². The van der Waals surface area contributed by atoms with Crippen LogP contribution in [0.3, 0.4) is 0 Å². The molecule has 6 nitrogen and oxygen atoms in total. The number of hydrogen-bond acceptors (Lipinski definition) is 4. The lowest BCUT2D eigenvalue weighted by molar-refractivity contribution is -0.121. The fourth-order valence-corrected chi connectivity index (χ4v) is 2.33. The minimum atomic E-state index is 0.0275. The first-order valence-corrected chi connectivity index (χ1v) is 6.43. The highest BCUT2D eigenvalue weighted by Crippen LogP contribution is 2.27. The molecule has 2 aromatic heterocycles. The minimum absolute atomic E-state index is 0.0275. The number of fused-ring (bicyclic) bond motifs is 1.